The molecule has 0 unspecified atom stereocenters. The van der Waals surface area contributed by atoms with Gasteiger partial charge in [0.25, 0.3) is 17.7 Å². The summed E-state index contributed by atoms with van der Waals surface area (Å²) in [7, 11) is 0. The van der Waals surface area contributed by atoms with Crippen LogP contribution in [0.5, 0.6) is 5.75 Å². The quantitative estimate of drug-likeness (QED) is 0.306. The van der Waals surface area contributed by atoms with Crippen LogP contribution in [0.4, 0.5) is 5.69 Å². The number of ether oxygens (including phenoxy) is 1. The Kier molecular flexibility index (Phi) is 8.70. The normalized spacial score (nSPS) is 10.0. The van der Waals surface area contributed by atoms with E-state index in [2.05, 4.69) is 21.5 Å². The Bertz CT molecular complexity index is 1170. The summed E-state index contributed by atoms with van der Waals surface area (Å²) in [6.45, 7) is 2.55. The van der Waals surface area contributed by atoms with Crippen LogP contribution < -0.4 is 26.2 Å². The van der Waals surface area contributed by atoms with Crippen LogP contribution in [0.15, 0.2) is 78.9 Å². The molecule has 0 heterocycles. The molecular weight excluding hydrogens is 452 g/mol. The number of carbonyl (C=O) groups excluding carboxylic acids is 3. The predicted molar refractivity (Wildman–Crippen MR) is 134 cm³/mol. The predicted octanol–water partition coefficient (Wildman–Crippen LogP) is 3.68. The molecule has 0 aromatic heterocycles. The summed E-state index contributed by atoms with van der Waals surface area (Å²) in [5.74, 6) is -0.562. The van der Waals surface area contributed by atoms with Crippen LogP contribution in [0.3, 0.4) is 0 Å². The van der Waals surface area contributed by atoms with Crippen LogP contribution in [0, 0.1) is 0 Å². The third-order valence-electron chi connectivity index (χ3n) is 4.53. The first-order chi connectivity index (χ1) is 16.5. The van der Waals surface area contributed by atoms with Crippen molar-refractivity contribution >= 4 is 40.7 Å². The first kappa shape index (κ1) is 24.4. The van der Waals surface area contributed by atoms with Crippen molar-refractivity contribution in [3.8, 4) is 5.75 Å². The Hall–Kier alpha value is -4.24. The van der Waals surface area contributed by atoms with Crippen molar-refractivity contribution in [3.05, 3.63) is 95.6 Å². The van der Waals surface area contributed by atoms with Crippen LogP contribution in [-0.2, 0) is 0 Å². The van der Waals surface area contributed by atoms with E-state index in [4.69, 9.17) is 17.0 Å². The maximum absolute atomic E-state index is 12.4. The summed E-state index contributed by atoms with van der Waals surface area (Å²) in [6.07, 6.45) is 0.856. The zero-order chi connectivity index (χ0) is 24.3. The minimum absolute atomic E-state index is 0.0648. The van der Waals surface area contributed by atoms with Crippen molar-refractivity contribution in [1.29, 1.82) is 0 Å². The van der Waals surface area contributed by atoms with Crippen LogP contribution in [-0.4, -0.2) is 29.4 Å². The molecule has 3 amide bonds. The van der Waals surface area contributed by atoms with E-state index in [0.29, 0.717) is 34.7 Å². The van der Waals surface area contributed by atoms with E-state index in [1.807, 2.05) is 13.0 Å². The van der Waals surface area contributed by atoms with Gasteiger partial charge in [0.15, 0.2) is 5.11 Å². The molecule has 0 radical (unpaired) electrons. The number of hydrogen-bond donors (Lipinski definition) is 4. The van der Waals surface area contributed by atoms with E-state index in [1.54, 1.807) is 72.8 Å². The first-order valence-corrected chi connectivity index (χ1v) is 11.0. The fourth-order valence-electron chi connectivity index (χ4n) is 2.84. The average Bonchev–Trinajstić information content (AvgIpc) is 2.87. The molecule has 0 saturated carbocycles. The smallest absolute Gasteiger partial charge is 0.269 e. The fraction of sp³-hybridized carbons (Fsp3) is 0.120. The number of nitrogens with one attached hydrogen (secondary N) is 4. The highest BCUT2D eigenvalue weighted by Gasteiger charge is 2.11. The summed E-state index contributed by atoms with van der Waals surface area (Å²) < 4.78 is 5.52. The van der Waals surface area contributed by atoms with Crippen molar-refractivity contribution in [2.75, 3.05) is 11.9 Å². The molecule has 0 atom stereocenters. The van der Waals surface area contributed by atoms with Gasteiger partial charge in [0, 0.05) is 22.4 Å². The topological polar surface area (TPSA) is 109 Å². The van der Waals surface area contributed by atoms with Gasteiger partial charge in [-0.05, 0) is 73.2 Å². The van der Waals surface area contributed by atoms with Crippen LogP contribution >= 0.6 is 12.2 Å². The van der Waals surface area contributed by atoms with E-state index in [0.717, 1.165) is 6.42 Å². The maximum atomic E-state index is 12.4. The number of thiocarbonyl (C=S) groups is 1. The lowest BCUT2D eigenvalue weighted by Crippen LogP contribution is -2.48. The van der Waals surface area contributed by atoms with Gasteiger partial charge in [-0.25, -0.2) is 0 Å². The number of hydrogen-bond acceptors (Lipinski definition) is 5. The minimum Gasteiger partial charge on any atom is -0.494 e. The van der Waals surface area contributed by atoms with Crippen molar-refractivity contribution in [2.45, 2.75) is 13.3 Å². The number of rotatable bonds is 7. The van der Waals surface area contributed by atoms with Gasteiger partial charge < -0.3 is 10.1 Å². The molecule has 0 spiro atoms. The second-order valence-electron chi connectivity index (χ2n) is 7.14. The number of benzene rings is 3. The molecule has 0 saturated heterocycles. The van der Waals surface area contributed by atoms with Crippen LogP contribution in [0.25, 0.3) is 0 Å². The maximum Gasteiger partial charge on any atom is 0.269 e. The largest absolute Gasteiger partial charge is 0.494 e. The SMILES string of the molecule is CCCOc1cccc(C(=O)NC(=S)NNC(=O)c2ccc(NC(=O)c3ccccc3)cc2)c1. The molecular formula is C25H24N4O4S. The first-order valence-electron chi connectivity index (χ1n) is 10.6. The third-order valence-corrected chi connectivity index (χ3v) is 4.73. The molecule has 0 aliphatic carbocycles. The number of carbonyl (C=O) groups is 3. The zero-order valence-corrected chi connectivity index (χ0v) is 19.3. The summed E-state index contributed by atoms with van der Waals surface area (Å²) in [5, 5.41) is 5.19. The molecule has 0 fully saturated rings. The Morgan fingerprint density at radius 3 is 2.15 bits per heavy atom. The van der Waals surface area contributed by atoms with E-state index >= 15 is 0 Å². The van der Waals surface area contributed by atoms with Gasteiger partial charge in [-0.2, -0.15) is 0 Å². The summed E-state index contributed by atoms with van der Waals surface area (Å²) in [5.41, 5.74) is 6.71. The zero-order valence-electron chi connectivity index (χ0n) is 18.5. The second-order valence-corrected chi connectivity index (χ2v) is 7.54. The highest BCUT2D eigenvalue weighted by atomic mass is 32.1. The standard InChI is InChI=1S/C25H24N4O4S/c1-2-15-33-21-10-6-9-19(16-21)23(31)27-25(34)29-28-24(32)18-11-13-20(14-12-18)26-22(30)17-7-4-3-5-8-17/h3-14,16H,2,15H2,1H3,(H,26,30)(H,28,32)(H2,27,29,31,34). The number of anilines is 1. The highest BCUT2D eigenvalue weighted by Crippen LogP contribution is 2.14. The molecule has 3 aromatic carbocycles. The second kappa shape index (κ2) is 12.1. The van der Waals surface area contributed by atoms with Gasteiger partial charge in [0.2, 0.25) is 0 Å². The summed E-state index contributed by atoms with van der Waals surface area (Å²) in [6, 6.07) is 21.9. The molecule has 0 bridgehead atoms. The van der Waals surface area contributed by atoms with Gasteiger partial charge >= 0.3 is 0 Å². The van der Waals surface area contributed by atoms with E-state index in [1.165, 1.54) is 0 Å². The summed E-state index contributed by atoms with van der Waals surface area (Å²) in [4.78, 5) is 36.9. The van der Waals surface area contributed by atoms with Gasteiger partial charge in [-0.15, -0.1) is 0 Å². The van der Waals surface area contributed by atoms with Gasteiger partial charge in [0.05, 0.1) is 6.61 Å². The molecule has 9 heteroatoms. The van der Waals surface area contributed by atoms with Gasteiger partial charge in [0.1, 0.15) is 5.75 Å². The monoisotopic (exact) mass is 476 g/mol. The third kappa shape index (κ3) is 7.14. The minimum atomic E-state index is -0.465. The molecule has 4 N–H and O–H groups in total. The van der Waals surface area contributed by atoms with Crippen molar-refractivity contribution in [2.24, 2.45) is 0 Å². The van der Waals surface area contributed by atoms with E-state index < -0.39 is 11.8 Å². The number of amides is 3. The lowest BCUT2D eigenvalue weighted by molar-refractivity contribution is 0.0934. The molecule has 3 rings (SSSR count). The van der Waals surface area contributed by atoms with Crippen molar-refractivity contribution in [3.63, 3.8) is 0 Å². The molecule has 3 aromatic rings. The molecule has 0 aliphatic rings. The fourth-order valence-corrected chi connectivity index (χ4v) is 2.98. The average molecular weight is 477 g/mol. The van der Waals surface area contributed by atoms with Gasteiger partial charge in [-0.3, -0.25) is 30.6 Å². The molecule has 174 valence electrons. The number of hydrazine groups is 1. The van der Waals surface area contributed by atoms with Crippen molar-refractivity contribution < 1.29 is 19.1 Å². The highest BCUT2D eigenvalue weighted by molar-refractivity contribution is 7.80. The Morgan fingerprint density at radius 2 is 1.44 bits per heavy atom. The van der Waals surface area contributed by atoms with E-state index in [9.17, 15) is 14.4 Å². The van der Waals surface area contributed by atoms with Crippen LogP contribution in [0.2, 0.25) is 0 Å². The summed E-state index contributed by atoms with van der Waals surface area (Å²) >= 11 is 5.08. The van der Waals surface area contributed by atoms with Crippen LogP contribution in [0.1, 0.15) is 44.4 Å². The Morgan fingerprint density at radius 1 is 0.765 bits per heavy atom. The Balaban J connectivity index is 1.48. The molecule has 34 heavy (non-hydrogen) atoms. The lowest BCUT2D eigenvalue weighted by Gasteiger charge is -2.12. The van der Waals surface area contributed by atoms with Crippen molar-refractivity contribution in [1.82, 2.24) is 16.2 Å². The lowest BCUT2D eigenvalue weighted by atomic mass is 10.1. The van der Waals surface area contributed by atoms with Gasteiger partial charge in [-0.1, -0.05) is 31.2 Å². The molecule has 0 aliphatic heterocycles. The molecule has 8 nitrogen and oxygen atoms in total. The Labute approximate surface area is 202 Å². The van der Waals surface area contributed by atoms with E-state index in [-0.39, 0.29) is 11.0 Å².